The highest BCUT2D eigenvalue weighted by Gasteiger charge is 2.22. The average Bonchev–Trinajstić information content (AvgIpc) is 2.51. The van der Waals surface area contributed by atoms with Crippen molar-refractivity contribution in [2.24, 2.45) is 0 Å². The van der Waals surface area contributed by atoms with E-state index in [1.807, 2.05) is 6.07 Å². The summed E-state index contributed by atoms with van der Waals surface area (Å²) in [5.41, 5.74) is 1.00. The van der Waals surface area contributed by atoms with E-state index in [9.17, 15) is 9.59 Å². The number of likely N-dealkylation sites (N-methyl/N-ethyl adjacent to an activating group) is 1. The topological polar surface area (TPSA) is 49.4 Å². The molecule has 0 unspecified atom stereocenters. The second-order valence-electron chi connectivity index (χ2n) is 4.46. The minimum Gasteiger partial charge on any atom is -0.316 e. The van der Waals surface area contributed by atoms with Crippen LogP contribution in [0.3, 0.4) is 0 Å². The number of hydrogen-bond acceptors (Lipinski definition) is 2. The van der Waals surface area contributed by atoms with Gasteiger partial charge >= 0.3 is 11.8 Å². The van der Waals surface area contributed by atoms with Crippen molar-refractivity contribution in [3.63, 3.8) is 0 Å². The highest BCUT2D eigenvalue weighted by molar-refractivity contribution is 6.45. The number of benzene rings is 2. The van der Waals surface area contributed by atoms with Gasteiger partial charge in [-0.15, -0.1) is 0 Å². The molecule has 0 saturated heterocycles. The van der Waals surface area contributed by atoms with Gasteiger partial charge in [0.2, 0.25) is 0 Å². The van der Waals surface area contributed by atoms with E-state index < -0.39 is 11.8 Å². The van der Waals surface area contributed by atoms with Crippen molar-refractivity contribution in [3.05, 3.63) is 58.6 Å². The third kappa shape index (κ3) is 3.78. The SMILES string of the molecule is CCN(C(=O)C(=O)Nc1ccc(Cl)cc1Cl)c1ccccc1. The van der Waals surface area contributed by atoms with Crippen LogP contribution in [0.5, 0.6) is 0 Å². The molecule has 0 aliphatic rings. The number of para-hydroxylation sites is 1. The molecule has 2 aromatic rings. The zero-order chi connectivity index (χ0) is 16.1. The molecule has 0 aliphatic heterocycles. The number of rotatable bonds is 3. The summed E-state index contributed by atoms with van der Waals surface area (Å²) in [6.45, 7) is 2.18. The standard InChI is InChI=1S/C16H14Cl2N2O2/c1-2-20(12-6-4-3-5-7-12)16(22)15(21)19-14-9-8-11(17)10-13(14)18/h3-10H,2H2,1H3,(H,19,21). The van der Waals surface area contributed by atoms with Gasteiger partial charge in [-0.05, 0) is 37.3 Å². The molecule has 0 radical (unpaired) electrons. The zero-order valence-corrected chi connectivity index (χ0v) is 13.4. The second kappa shape index (κ2) is 7.29. The number of nitrogens with one attached hydrogen (secondary N) is 1. The fraction of sp³-hybridized carbons (Fsp3) is 0.125. The van der Waals surface area contributed by atoms with Crippen LogP contribution in [0, 0.1) is 0 Å². The molecule has 114 valence electrons. The average molecular weight is 337 g/mol. The molecule has 0 saturated carbocycles. The summed E-state index contributed by atoms with van der Waals surface area (Å²) < 4.78 is 0. The highest BCUT2D eigenvalue weighted by atomic mass is 35.5. The monoisotopic (exact) mass is 336 g/mol. The smallest absolute Gasteiger partial charge is 0.316 e. The molecule has 2 rings (SSSR count). The highest BCUT2D eigenvalue weighted by Crippen LogP contribution is 2.25. The molecule has 4 nitrogen and oxygen atoms in total. The number of hydrogen-bond donors (Lipinski definition) is 1. The molecule has 0 atom stereocenters. The van der Waals surface area contributed by atoms with Gasteiger partial charge < -0.3 is 10.2 Å². The van der Waals surface area contributed by atoms with E-state index in [0.29, 0.717) is 22.9 Å². The number of halogens is 2. The van der Waals surface area contributed by atoms with Crippen LogP contribution in [0.15, 0.2) is 48.5 Å². The Morgan fingerprint density at radius 2 is 1.77 bits per heavy atom. The Hall–Kier alpha value is -2.04. The van der Waals surface area contributed by atoms with Gasteiger partial charge in [0, 0.05) is 17.3 Å². The summed E-state index contributed by atoms with van der Waals surface area (Å²) >= 11 is 11.8. The van der Waals surface area contributed by atoms with Crippen molar-refractivity contribution < 1.29 is 9.59 Å². The van der Waals surface area contributed by atoms with Crippen molar-refractivity contribution in [3.8, 4) is 0 Å². The number of amides is 2. The van der Waals surface area contributed by atoms with Crippen molar-refractivity contribution in [1.29, 1.82) is 0 Å². The van der Waals surface area contributed by atoms with Crippen molar-refractivity contribution in [2.75, 3.05) is 16.8 Å². The lowest BCUT2D eigenvalue weighted by Gasteiger charge is -2.20. The molecule has 0 bridgehead atoms. The molecule has 0 heterocycles. The Labute approximate surface area is 138 Å². The van der Waals surface area contributed by atoms with Crippen LogP contribution in [0.2, 0.25) is 10.0 Å². The number of anilines is 2. The molecule has 22 heavy (non-hydrogen) atoms. The first-order valence-electron chi connectivity index (χ1n) is 6.66. The molecule has 0 fully saturated rings. The van der Waals surface area contributed by atoms with Crippen LogP contribution in [0.25, 0.3) is 0 Å². The third-order valence-corrected chi connectivity index (χ3v) is 3.55. The Bertz CT molecular complexity index is 690. The van der Waals surface area contributed by atoms with E-state index in [1.54, 1.807) is 43.3 Å². The van der Waals surface area contributed by atoms with E-state index in [2.05, 4.69) is 5.32 Å². The number of carbonyl (C=O) groups is 2. The van der Waals surface area contributed by atoms with E-state index >= 15 is 0 Å². The van der Waals surface area contributed by atoms with Crippen LogP contribution in [0.4, 0.5) is 11.4 Å². The predicted molar refractivity (Wildman–Crippen MR) is 89.6 cm³/mol. The maximum atomic E-state index is 12.3. The van der Waals surface area contributed by atoms with E-state index in [1.165, 1.54) is 11.0 Å². The first-order valence-corrected chi connectivity index (χ1v) is 7.41. The lowest BCUT2D eigenvalue weighted by Crippen LogP contribution is -2.39. The lowest BCUT2D eigenvalue weighted by molar-refractivity contribution is -0.134. The molecule has 1 N–H and O–H groups in total. The summed E-state index contributed by atoms with van der Waals surface area (Å²) in [4.78, 5) is 25.8. The Morgan fingerprint density at radius 3 is 2.36 bits per heavy atom. The second-order valence-corrected chi connectivity index (χ2v) is 5.31. The molecular formula is C16H14Cl2N2O2. The lowest BCUT2D eigenvalue weighted by atomic mass is 10.2. The van der Waals surface area contributed by atoms with Gasteiger partial charge in [-0.25, -0.2) is 0 Å². The molecule has 2 aromatic carbocycles. The van der Waals surface area contributed by atoms with Gasteiger partial charge in [0.1, 0.15) is 0 Å². The Morgan fingerprint density at radius 1 is 1.09 bits per heavy atom. The Balaban J connectivity index is 2.16. The van der Waals surface area contributed by atoms with E-state index in [0.717, 1.165) is 0 Å². The van der Waals surface area contributed by atoms with Crippen LogP contribution >= 0.6 is 23.2 Å². The summed E-state index contributed by atoms with van der Waals surface area (Å²) in [5, 5.41) is 3.23. The van der Waals surface area contributed by atoms with Crippen molar-refractivity contribution in [2.45, 2.75) is 6.92 Å². The molecule has 0 aliphatic carbocycles. The number of nitrogens with zero attached hydrogens (tertiary/aromatic N) is 1. The summed E-state index contributed by atoms with van der Waals surface area (Å²) in [6.07, 6.45) is 0. The maximum absolute atomic E-state index is 12.3. The predicted octanol–water partition coefficient (Wildman–Crippen LogP) is 3.99. The first kappa shape index (κ1) is 16.3. The third-order valence-electron chi connectivity index (χ3n) is 3.00. The molecule has 0 aromatic heterocycles. The van der Waals surface area contributed by atoms with Gasteiger partial charge in [-0.2, -0.15) is 0 Å². The summed E-state index contributed by atoms with van der Waals surface area (Å²) in [6, 6.07) is 13.6. The Kier molecular flexibility index (Phi) is 5.41. The molecule has 0 spiro atoms. The van der Waals surface area contributed by atoms with Crippen LogP contribution < -0.4 is 10.2 Å². The van der Waals surface area contributed by atoms with Gasteiger partial charge in [-0.1, -0.05) is 41.4 Å². The van der Waals surface area contributed by atoms with Crippen LogP contribution in [0.1, 0.15) is 6.92 Å². The fourth-order valence-corrected chi connectivity index (χ4v) is 2.40. The van der Waals surface area contributed by atoms with Crippen LogP contribution in [-0.4, -0.2) is 18.4 Å². The molecular weight excluding hydrogens is 323 g/mol. The zero-order valence-electron chi connectivity index (χ0n) is 11.8. The minimum atomic E-state index is -0.755. The van der Waals surface area contributed by atoms with E-state index in [4.69, 9.17) is 23.2 Å². The fourth-order valence-electron chi connectivity index (χ4n) is 1.94. The normalized spacial score (nSPS) is 10.1. The first-order chi connectivity index (χ1) is 10.5. The summed E-state index contributed by atoms with van der Waals surface area (Å²) in [7, 11) is 0. The van der Waals surface area contributed by atoms with E-state index in [-0.39, 0.29) is 5.02 Å². The van der Waals surface area contributed by atoms with Crippen LogP contribution in [-0.2, 0) is 9.59 Å². The molecule has 6 heteroatoms. The minimum absolute atomic E-state index is 0.274. The van der Waals surface area contributed by atoms with Gasteiger partial charge in [-0.3, -0.25) is 9.59 Å². The van der Waals surface area contributed by atoms with Crippen molar-refractivity contribution >= 4 is 46.4 Å². The van der Waals surface area contributed by atoms with Crippen molar-refractivity contribution in [1.82, 2.24) is 0 Å². The van der Waals surface area contributed by atoms with Gasteiger partial charge in [0.15, 0.2) is 0 Å². The van der Waals surface area contributed by atoms with Gasteiger partial charge in [0.05, 0.1) is 10.7 Å². The molecule has 2 amide bonds. The van der Waals surface area contributed by atoms with Gasteiger partial charge in [0.25, 0.3) is 0 Å². The largest absolute Gasteiger partial charge is 0.316 e. The maximum Gasteiger partial charge on any atom is 0.316 e. The summed E-state index contributed by atoms with van der Waals surface area (Å²) in [5.74, 6) is -1.41. The quantitative estimate of drug-likeness (QED) is 0.861. The number of carbonyl (C=O) groups excluding carboxylic acids is 2.